The number of aromatic nitrogens is 1. The van der Waals surface area contributed by atoms with Crippen LogP contribution in [0.4, 0.5) is 0 Å². The molecule has 2 aliphatic heterocycles. The summed E-state index contributed by atoms with van der Waals surface area (Å²) in [6.07, 6.45) is 5.67. The van der Waals surface area contributed by atoms with Crippen LogP contribution in [0.25, 0.3) is 0 Å². The average molecular weight is 363 g/mol. The molecule has 1 aromatic heterocycles. The Labute approximate surface area is 155 Å². The third kappa shape index (κ3) is 5.69. The first kappa shape index (κ1) is 18.7. The van der Waals surface area contributed by atoms with Crippen LogP contribution in [0.15, 0.2) is 24.4 Å². The highest BCUT2D eigenvalue weighted by atomic mass is 32.2. The van der Waals surface area contributed by atoms with E-state index in [1.807, 2.05) is 36.0 Å². The van der Waals surface area contributed by atoms with Crippen molar-refractivity contribution in [3.8, 4) is 0 Å². The highest BCUT2D eigenvalue weighted by molar-refractivity contribution is 7.99. The molecular formula is C19H30N4OS. The third-order valence-electron chi connectivity index (χ3n) is 5.33. The summed E-state index contributed by atoms with van der Waals surface area (Å²) in [4.78, 5) is 21.5. The maximum absolute atomic E-state index is 12.6. The van der Waals surface area contributed by atoms with Crippen molar-refractivity contribution in [3.05, 3.63) is 30.1 Å². The van der Waals surface area contributed by atoms with Gasteiger partial charge >= 0.3 is 0 Å². The lowest BCUT2D eigenvalue weighted by Crippen LogP contribution is -2.48. The number of amides is 1. The smallest absolute Gasteiger partial charge is 0.224 e. The molecule has 2 fully saturated rings. The molecule has 3 rings (SSSR count). The van der Waals surface area contributed by atoms with E-state index in [1.165, 1.54) is 0 Å². The topological polar surface area (TPSA) is 48.5 Å². The van der Waals surface area contributed by atoms with Gasteiger partial charge in [0, 0.05) is 81.5 Å². The lowest BCUT2D eigenvalue weighted by Gasteiger charge is -2.37. The second-order valence-corrected chi connectivity index (χ2v) is 8.23. The Morgan fingerprint density at radius 3 is 2.92 bits per heavy atom. The number of carbonyl (C=O) groups is 1. The van der Waals surface area contributed by atoms with E-state index in [-0.39, 0.29) is 0 Å². The summed E-state index contributed by atoms with van der Waals surface area (Å²) in [6.45, 7) is 4.24. The molecule has 0 radical (unpaired) electrons. The van der Waals surface area contributed by atoms with Crippen molar-refractivity contribution in [3.63, 3.8) is 0 Å². The number of likely N-dealkylation sites (tertiary alicyclic amines) is 1. The van der Waals surface area contributed by atoms with Crippen LogP contribution >= 0.6 is 11.8 Å². The van der Waals surface area contributed by atoms with Crippen molar-refractivity contribution in [1.82, 2.24) is 20.1 Å². The van der Waals surface area contributed by atoms with Gasteiger partial charge in [-0.1, -0.05) is 6.07 Å². The van der Waals surface area contributed by atoms with Gasteiger partial charge in [-0.25, -0.2) is 0 Å². The fraction of sp³-hybridized carbons (Fsp3) is 0.684. The van der Waals surface area contributed by atoms with Crippen LogP contribution in [0.2, 0.25) is 0 Å². The summed E-state index contributed by atoms with van der Waals surface area (Å²) in [5, 5.41) is 3.46. The van der Waals surface area contributed by atoms with E-state index in [9.17, 15) is 4.79 Å². The van der Waals surface area contributed by atoms with Gasteiger partial charge < -0.3 is 15.1 Å². The van der Waals surface area contributed by atoms with Crippen LogP contribution in [-0.4, -0.2) is 77.5 Å². The first-order valence-corrected chi connectivity index (χ1v) is 10.6. The van der Waals surface area contributed by atoms with E-state index in [0.717, 1.165) is 62.6 Å². The molecule has 1 aromatic rings. The fourth-order valence-electron chi connectivity index (χ4n) is 3.66. The lowest BCUT2D eigenvalue weighted by atomic mass is 10.0. The van der Waals surface area contributed by atoms with E-state index in [2.05, 4.69) is 27.3 Å². The van der Waals surface area contributed by atoms with Gasteiger partial charge in [0.15, 0.2) is 0 Å². The van der Waals surface area contributed by atoms with Crippen molar-refractivity contribution in [1.29, 1.82) is 0 Å². The molecule has 2 saturated heterocycles. The van der Waals surface area contributed by atoms with Gasteiger partial charge in [0.25, 0.3) is 0 Å². The Morgan fingerprint density at radius 2 is 2.24 bits per heavy atom. The van der Waals surface area contributed by atoms with E-state index in [1.54, 1.807) is 0 Å². The molecule has 0 aliphatic carbocycles. The number of hydrogen-bond acceptors (Lipinski definition) is 5. The van der Waals surface area contributed by atoms with Gasteiger partial charge in [0.2, 0.25) is 5.91 Å². The number of hydrogen-bond donors (Lipinski definition) is 1. The van der Waals surface area contributed by atoms with Crippen molar-refractivity contribution >= 4 is 17.7 Å². The van der Waals surface area contributed by atoms with Crippen LogP contribution in [0.1, 0.15) is 25.0 Å². The van der Waals surface area contributed by atoms with Gasteiger partial charge in [0.1, 0.15) is 0 Å². The Balaban J connectivity index is 1.38. The number of rotatable bonds is 6. The largest absolute Gasteiger partial charge is 0.343 e. The Hall–Kier alpha value is -1.11. The summed E-state index contributed by atoms with van der Waals surface area (Å²) >= 11 is 1.95. The molecule has 1 N–H and O–H groups in total. The highest BCUT2D eigenvalue weighted by Gasteiger charge is 2.27. The molecule has 1 unspecified atom stereocenters. The van der Waals surface area contributed by atoms with Crippen LogP contribution in [-0.2, 0) is 11.2 Å². The fourth-order valence-corrected chi connectivity index (χ4v) is 4.61. The molecule has 6 heteroatoms. The summed E-state index contributed by atoms with van der Waals surface area (Å²) in [7, 11) is 1.99. The molecule has 0 spiro atoms. The second-order valence-electron chi connectivity index (χ2n) is 7.08. The lowest BCUT2D eigenvalue weighted by molar-refractivity contribution is -0.133. The monoisotopic (exact) mass is 362 g/mol. The van der Waals surface area contributed by atoms with Gasteiger partial charge in [-0.3, -0.25) is 9.78 Å². The van der Waals surface area contributed by atoms with Gasteiger partial charge in [-0.15, -0.1) is 0 Å². The molecular weight excluding hydrogens is 332 g/mol. The standard InChI is InChI=1S/C19H30N4OS/c1-22(19(24)14-17-15-25-13-9-21-17)18-6-11-23(12-7-18)10-5-16-4-2-3-8-20-16/h2-4,8,17-18,21H,5-7,9-15H2,1H3. The predicted molar refractivity (Wildman–Crippen MR) is 104 cm³/mol. The second kappa shape index (κ2) is 9.55. The molecule has 0 aromatic carbocycles. The maximum atomic E-state index is 12.6. The van der Waals surface area contributed by atoms with Crippen LogP contribution in [0, 0.1) is 0 Å². The summed E-state index contributed by atoms with van der Waals surface area (Å²) in [5.41, 5.74) is 1.16. The van der Waals surface area contributed by atoms with Gasteiger partial charge in [-0.05, 0) is 25.0 Å². The molecule has 138 valence electrons. The molecule has 2 aliphatic rings. The maximum Gasteiger partial charge on any atom is 0.224 e. The van der Waals surface area contributed by atoms with Crippen molar-refractivity contribution in [2.24, 2.45) is 0 Å². The normalized spacial score (nSPS) is 22.7. The average Bonchev–Trinajstić information content (AvgIpc) is 2.68. The molecule has 3 heterocycles. The molecule has 1 amide bonds. The van der Waals surface area contributed by atoms with Crippen LogP contribution < -0.4 is 5.32 Å². The van der Waals surface area contributed by atoms with Crippen molar-refractivity contribution in [2.45, 2.75) is 37.8 Å². The highest BCUT2D eigenvalue weighted by Crippen LogP contribution is 2.18. The Kier molecular flexibility index (Phi) is 7.13. The molecule has 1 atom stereocenters. The van der Waals surface area contributed by atoms with Gasteiger partial charge in [-0.2, -0.15) is 11.8 Å². The molecule has 0 bridgehead atoms. The van der Waals surface area contributed by atoms with E-state index in [0.29, 0.717) is 24.4 Å². The number of nitrogens with zero attached hydrogens (tertiary/aromatic N) is 3. The number of thioether (sulfide) groups is 1. The number of nitrogens with one attached hydrogen (secondary N) is 1. The molecule has 25 heavy (non-hydrogen) atoms. The minimum atomic E-state index is 0.298. The summed E-state index contributed by atoms with van der Waals surface area (Å²) in [6, 6.07) is 6.86. The minimum absolute atomic E-state index is 0.298. The zero-order valence-electron chi connectivity index (χ0n) is 15.2. The SMILES string of the molecule is CN(C(=O)CC1CSCCN1)C1CCN(CCc2ccccn2)CC1. The number of pyridine rings is 1. The van der Waals surface area contributed by atoms with Crippen molar-refractivity contribution in [2.75, 3.05) is 44.7 Å². The summed E-state index contributed by atoms with van der Waals surface area (Å²) in [5.74, 6) is 2.52. The number of piperidine rings is 1. The van der Waals surface area contributed by atoms with E-state index >= 15 is 0 Å². The van der Waals surface area contributed by atoms with Crippen LogP contribution in [0.5, 0.6) is 0 Å². The molecule has 0 saturated carbocycles. The minimum Gasteiger partial charge on any atom is -0.343 e. The first-order valence-electron chi connectivity index (χ1n) is 9.41. The Morgan fingerprint density at radius 1 is 1.40 bits per heavy atom. The van der Waals surface area contributed by atoms with Crippen LogP contribution in [0.3, 0.4) is 0 Å². The molecule has 5 nitrogen and oxygen atoms in total. The first-order chi connectivity index (χ1) is 12.2. The van der Waals surface area contributed by atoms with E-state index in [4.69, 9.17) is 0 Å². The zero-order chi connectivity index (χ0) is 17.5. The zero-order valence-corrected chi connectivity index (χ0v) is 16.0. The van der Waals surface area contributed by atoms with Gasteiger partial charge in [0.05, 0.1) is 0 Å². The van der Waals surface area contributed by atoms with Crippen molar-refractivity contribution < 1.29 is 4.79 Å². The van der Waals surface area contributed by atoms with E-state index < -0.39 is 0 Å². The number of carbonyl (C=O) groups excluding carboxylic acids is 1. The Bertz CT molecular complexity index is 527. The third-order valence-corrected chi connectivity index (χ3v) is 6.46. The predicted octanol–water partition coefficient (Wildman–Crippen LogP) is 1.64. The quantitative estimate of drug-likeness (QED) is 0.834. The summed E-state index contributed by atoms with van der Waals surface area (Å²) < 4.78 is 0.